The molecule has 164 valence electrons. The van der Waals surface area contributed by atoms with Gasteiger partial charge in [-0.05, 0) is 24.3 Å². The second kappa shape index (κ2) is 8.60. The fourth-order valence-electron chi connectivity index (χ4n) is 3.61. The van der Waals surface area contributed by atoms with Gasteiger partial charge in [-0.1, -0.05) is 5.16 Å². The van der Waals surface area contributed by atoms with Crippen molar-refractivity contribution in [2.24, 2.45) is 0 Å². The van der Waals surface area contributed by atoms with Crippen LogP contribution < -0.4 is 10.7 Å². The van der Waals surface area contributed by atoms with Crippen LogP contribution in [0.1, 0.15) is 6.42 Å². The summed E-state index contributed by atoms with van der Waals surface area (Å²) in [6.45, 7) is 2.61. The summed E-state index contributed by atoms with van der Waals surface area (Å²) in [6.07, 6.45) is -1.44. The molecule has 12 nitrogen and oxygen atoms in total. The number of benzene rings is 1. The van der Waals surface area contributed by atoms with Crippen molar-refractivity contribution in [3.63, 3.8) is 0 Å². The highest BCUT2D eigenvalue weighted by Crippen LogP contribution is 2.25. The predicted molar refractivity (Wildman–Crippen MR) is 105 cm³/mol. The summed E-state index contributed by atoms with van der Waals surface area (Å²) in [7, 11) is 0. The molecule has 0 spiro atoms. The molecule has 2 aromatic rings. The molecule has 2 saturated heterocycles. The number of nitrogens with one attached hydrogen (secondary N) is 1. The summed E-state index contributed by atoms with van der Waals surface area (Å²) in [5, 5.41) is 12.4. The molecule has 4 rings (SSSR count). The van der Waals surface area contributed by atoms with E-state index < -0.39 is 23.9 Å². The normalized spacial score (nSPS) is 19.5. The molecule has 0 saturated carbocycles. The summed E-state index contributed by atoms with van der Waals surface area (Å²) in [4.78, 5) is 54.3. The van der Waals surface area contributed by atoms with Crippen LogP contribution in [-0.4, -0.2) is 88.4 Å². The van der Waals surface area contributed by atoms with Crippen molar-refractivity contribution in [2.45, 2.75) is 12.5 Å². The first-order valence-corrected chi connectivity index (χ1v) is 9.78. The molecule has 12 heteroatoms. The van der Waals surface area contributed by atoms with E-state index in [2.05, 4.69) is 14.7 Å². The van der Waals surface area contributed by atoms with Crippen molar-refractivity contribution in [2.75, 3.05) is 44.2 Å². The van der Waals surface area contributed by atoms with Gasteiger partial charge in [0.15, 0.2) is 11.9 Å². The number of carbonyl (C=O) groups is 3. The molecule has 0 bridgehead atoms. The lowest BCUT2D eigenvalue weighted by molar-refractivity contribution is -0.141. The van der Waals surface area contributed by atoms with Gasteiger partial charge >= 0.3 is 17.8 Å². The van der Waals surface area contributed by atoms with Gasteiger partial charge in [-0.3, -0.25) is 28.9 Å². The molecule has 31 heavy (non-hydrogen) atoms. The number of rotatable bonds is 6. The first-order valence-electron chi connectivity index (χ1n) is 9.78. The quantitative estimate of drug-likeness (QED) is 0.643. The Bertz CT molecular complexity index is 1020. The smallest absolute Gasteiger partial charge is 0.439 e. The number of aromatic amines is 1. The highest BCUT2D eigenvalue weighted by Gasteiger charge is 2.39. The fraction of sp³-hybridized carbons (Fsp3) is 0.421. The number of nitrogens with zero attached hydrogens (tertiary/aromatic N) is 4. The summed E-state index contributed by atoms with van der Waals surface area (Å²) >= 11 is 0. The third kappa shape index (κ3) is 4.58. The number of anilines is 1. The zero-order valence-corrected chi connectivity index (χ0v) is 16.5. The Morgan fingerprint density at radius 3 is 2.45 bits per heavy atom. The largest absolute Gasteiger partial charge is 0.481 e. The van der Waals surface area contributed by atoms with E-state index in [0.29, 0.717) is 44.0 Å². The van der Waals surface area contributed by atoms with Crippen LogP contribution in [0.5, 0.6) is 0 Å². The molecule has 1 atom stereocenters. The number of carboxylic acids is 1. The van der Waals surface area contributed by atoms with Gasteiger partial charge in [0.05, 0.1) is 13.0 Å². The van der Waals surface area contributed by atoms with E-state index in [9.17, 15) is 19.2 Å². The van der Waals surface area contributed by atoms with Crippen molar-refractivity contribution in [3.05, 3.63) is 34.8 Å². The maximum absolute atomic E-state index is 12.8. The molecule has 2 fully saturated rings. The summed E-state index contributed by atoms with van der Waals surface area (Å²) < 4.78 is 9.77. The van der Waals surface area contributed by atoms with E-state index >= 15 is 0 Å². The van der Waals surface area contributed by atoms with E-state index in [1.807, 2.05) is 4.90 Å². The monoisotopic (exact) mass is 431 g/mol. The Morgan fingerprint density at radius 1 is 1.13 bits per heavy atom. The van der Waals surface area contributed by atoms with Crippen LogP contribution in [0.2, 0.25) is 0 Å². The predicted octanol–water partition coefficient (Wildman–Crippen LogP) is -0.0260. The van der Waals surface area contributed by atoms with Gasteiger partial charge in [-0.25, -0.2) is 9.59 Å². The first kappa shape index (κ1) is 20.6. The maximum atomic E-state index is 12.8. The fourth-order valence-corrected chi connectivity index (χ4v) is 3.61. The van der Waals surface area contributed by atoms with Crippen LogP contribution in [0.3, 0.4) is 0 Å². The molecule has 0 radical (unpaired) electrons. The topological polar surface area (TPSA) is 149 Å². The Labute approximate surface area is 176 Å². The lowest BCUT2D eigenvalue weighted by Crippen LogP contribution is -2.52. The molecule has 3 heterocycles. The van der Waals surface area contributed by atoms with Crippen molar-refractivity contribution in [1.29, 1.82) is 0 Å². The van der Waals surface area contributed by atoms with E-state index in [1.54, 1.807) is 29.2 Å². The highest BCUT2D eigenvalue weighted by molar-refractivity contribution is 5.95. The highest BCUT2D eigenvalue weighted by atomic mass is 16.6. The van der Waals surface area contributed by atoms with Crippen molar-refractivity contribution in [1.82, 2.24) is 19.9 Å². The Morgan fingerprint density at radius 2 is 1.84 bits per heavy atom. The summed E-state index contributed by atoms with van der Waals surface area (Å²) in [5.74, 6) is -1.49. The minimum Gasteiger partial charge on any atom is -0.481 e. The SMILES string of the molecule is O=C(O)CCN1CCN(C(=O)C2CN(c3ccc(-c4noc(=O)[nH]4)cc3)C(=O)O2)CC1. The number of amides is 2. The molecule has 0 aliphatic carbocycles. The lowest BCUT2D eigenvalue weighted by Gasteiger charge is -2.35. The third-order valence-electron chi connectivity index (χ3n) is 5.31. The number of carbonyl (C=O) groups excluding carboxylic acids is 2. The maximum Gasteiger partial charge on any atom is 0.439 e. The van der Waals surface area contributed by atoms with Crippen LogP contribution in [0, 0.1) is 0 Å². The van der Waals surface area contributed by atoms with Crippen LogP contribution in [0.4, 0.5) is 10.5 Å². The van der Waals surface area contributed by atoms with E-state index in [0.717, 1.165) is 0 Å². The zero-order valence-electron chi connectivity index (χ0n) is 16.5. The molecule has 1 aromatic heterocycles. The molecule has 2 N–H and O–H groups in total. The van der Waals surface area contributed by atoms with Gasteiger partial charge < -0.3 is 14.7 Å². The standard InChI is InChI=1S/C19H21N5O7/c25-15(26)5-6-22-7-9-23(10-8-22)17(27)14-11-24(19(29)30-14)13-3-1-12(2-4-13)16-20-18(28)31-21-16/h1-4,14H,5-11H2,(H,25,26)(H,20,21,28). The zero-order chi connectivity index (χ0) is 22.0. The number of hydrogen-bond donors (Lipinski definition) is 2. The van der Waals surface area contributed by atoms with Crippen LogP contribution in [0.25, 0.3) is 11.4 Å². The molecular weight excluding hydrogens is 410 g/mol. The minimum absolute atomic E-state index is 0.0642. The van der Waals surface area contributed by atoms with Gasteiger partial charge in [-0.15, -0.1) is 0 Å². The number of hydrogen-bond acceptors (Lipinski definition) is 8. The van der Waals surface area contributed by atoms with Crippen LogP contribution >= 0.6 is 0 Å². The Balaban J connectivity index is 1.34. The first-order chi connectivity index (χ1) is 14.9. The number of carboxylic acid groups (broad SMARTS) is 1. The second-order valence-electron chi connectivity index (χ2n) is 7.28. The number of H-pyrrole nitrogens is 1. The summed E-state index contributed by atoms with van der Waals surface area (Å²) in [5.41, 5.74) is 1.16. The molecule has 2 amide bonds. The van der Waals surface area contributed by atoms with Gasteiger partial charge in [0.25, 0.3) is 5.91 Å². The average Bonchev–Trinajstić information content (AvgIpc) is 3.38. The van der Waals surface area contributed by atoms with Crippen LogP contribution in [-0.2, 0) is 14.3 Å². The Kier molecular flexibility index (Phi) is 5.71. The number of aliphatic carboxylic acids is 1. The third-order valence-corrected chi connectivity index (χ3v) is 5.31. The van der Waals surface area contributed by atoms with Gasteiger partial charge in [0.1, 0.15) is 0 Å². The number of cyclic esters (lactones) is 1. The van der Waals surface area contributed by atoms with Crippen molar-refractivity contribution in [3.8, 4) is 11.4 Å². The summed E-state index contributed by atoms with van der Waals surface area (Å²) in [6, 6.07) is 6.67. The van der Waals surface area contributed by atoms with Gasteiger partial charge in [0, 0.05) is 44.0 Å². The van der Waals surface area contributed by atoms with E-state index in [4.69, 9.17) is 9.84 Å². The molecule has 1 unspecified atom stereocenters. The number of piperazine rings is 1. The van der Waals surface area contributed by atoms with Gasteiger partial charge in [-0.2, -0.15) is 0 Å². The molecule has 2 aliphatic heterocycles. The van der Waals surface area contributed by atoms with Crippen molar-refractivity contribution < 1.29 is 28.8 Å². The van der Waals surface area contributed by atoms with Crippen molar-refractivity contribution >= 4 is 23.7 Å². The second-order valence-corrected chi connectivity index (χ2v) is 7.28. The number of ether oxygens (including phenoxy) is 1. The molecular formula is C19H21N5O7. The average molecular weight is 431 g/mol. The van der Waals surface area contributed by atoms with Gasteiger partial charge in [0.2, 0.25) is 0 Å². The molecule has 2 aliphatic rings. The van der Waals surface area contributed by atoms with E-state index in [-0.39, 0.29) is 24.7 Å². The van der Waals surface area contributed by atoms with Crippen LogP contribution in [0.15, 0.2) is 33.6 Å². The lowest BCUT2D eigenvalue weighted by atomic mass is 10.2. The Hall–Kier alpha value is -3.67. The van der Waals surface area contributed by atoms with E-state index in [1.165, 1.54) is 4.90 Å². The minimum atomic E-state index is -0.898. The number of aromatic nitrogens is 2. The molecule has 1 aromatic carbocycles.